The fourth-order valence-corrected chi connectivity index (χ4v) is 2.33. The number of nitrogens with zero attached hydrogens (tertiary/aromatic N) is 1. The molecule has 0 bridgehead atoms. The van der Waals surface area contributed by atoms with Crippen molar-refractivity contribution in [1.82, 2.24) is 15.3 Å². The summed E-state index contributed by atoms with van der Waals surface area (Å²) in [6.07, 6.45) is 4.88. The van der Waals surface area contributed by atoms with Crippen LogP contribution < -0.4 is 5.32 Å². The van der Waals surface area contributed by atoms with E-state index in [0.717, 1.165) is 19.3 Å². The summed E-state index contributed by atoms with van der Waals surface area (Å²) < 4.78 is 4.91. The Morgan fingerprint density at radius 1 is 1.55 bits per heavy atom. The van der Waals surface area contributed by atoms with Gasteiger partial charge >= 0.3 is 5.97 Å². The lowest BCUT2D eigenvalue weighted by Gasteiger charge is -2.40. The Hall–Kier alpha value is -1.89. The van der Waals surface area contributed by atoms with Gasteiger partial charge in [-0.3, -0.25) is 4.79 Å². The van der Waals surface area contributed by atoms with E-state index >= 15 is 0 Å². The molecule has 20 heavy (non-hydrogen) atoms. The van der Waals surface area contributed by atoms with Crippen molar-refractivity contribution in [2.24, 2.45) is 0 Å². The van der Waals surface area contributed by atoms with E-state index < -0.39 is 11.5 Å². The minimum Gasteiger partial charge on any atom is -0.477 e. The molecular formula is C13H19N3O4. The summed E-state index contributed by atoms with van der Waals surface area (Å²) in [5, 5.41) is 11.9. The van der Waals surface area contributed by atoms with Crippen LogP contribution in [0, 0.1) is 0 Å². The summed E-state index contributed by atoms with van der Waals surface area (Å²) >= 11 is 0. The fourth-order valence-electron chi connectivity index (χ4n) is 2.33. The van der Waals surface area contributed by atoms with Crippen LogP contribution in [0.5, 0.6) is 0 Å². The second-order valence-electron chi connectivity index (χ2n) is 5.03. The Kier molecular flexibility index (Phi) is 4.39. The number of carboxylic acid groups (broad SMARTS) is 1. The fraction of sp³-hybridized carbons (Fsp3) is 0.615. The second-order valence-corrected chi connectivity index (χ2v) is 5.03. The number of amides is 1. The molecule has 0 spiro atoms. The van der Waals surface area contributed by atoms with Gasteiger partial charge in [-0.2, -0.15) is 0 Å². The van der Waals surface area contributed by atoms with Crippen LogP contribution in [0.1, 0.15) is 48.4 Å². The molecule has 0 saturated heterocycles. The Morgan fingerprint density at radius 2 is 2.30 bits per heavy atom. The van der Waals surface area contributed by atoms with Crippen LogP contribution >= 0.6 is 0 Å². The van der Waals surface area contributed by atoms with Gasteiger partial charge in [0.2, 0.25) is 5.91 Å². The van der Waals surface area contributed by atoms with Crippen LogP contribution in [-0.4, -0.2) is 40.7 Å². The van der Waals surface area contributed by atoms with Gasteiger partial charge in [0.25, 0.3) is 0 Å². The number of hydrogen-bond donors (Lipinski definition) is 3. The monoisotopic (exact) mass is 281 g/mol. The minimum atomic E-state index is -1.05. The molecule has 0 aliphatic heterocycles. The van der Waals surface area contributed by atoms with Crippen molar-refractivity contribution in [3.63, 3.8) is 0 Å². The average molecular weight is 281 g/mol. The number of aromatic amines is 1. The number of imidazole rings is 1. The molecule has 1 amide bonds. The largest absolute Gasteiger partial charge is 0.477 e. The van der Waals surface area contributed by atoms with Crippen LogP contribution in [-0.2, 0) is 15.1 Å². The van der Waals surface area contributed by atoms with Crippen molar-refractivity contribution in [3.05, 3.63) is 17.7 Å². The molecule has 0 radical (unpaired) electrons. The van der Waals surface area contributed by atoms with Crippen molar-refractivity contribution in [1.29, 1.82) is 0 Å². The Labute approximate surface area is 116 Å². The van der Waals surface area contributed by atoms with Crippen molar-refractivity contribution >= 4 is 11.9 Å². The van der Waals surface area contributed by atoms with Gasteiger partial charge in [-0.15, -0.1) is 0 Å². The number of aromatic nitrogens is 2. The summed E-state index contributed by atoms with van der Waals surface area (Å²) in [5.74, 6) is -0.582. The lowest BCUT2D eigenvalue weighted by atomic mass is 9.76. The molecule has 7 heteroatoms. The number of hydrogen-bond acceptors (Lipinski definition) is 4. The van der Waals surface area contributed by atoms with Gasteiger partial charge in [0, 0.05) is 20.1 Å². The minimum absolute atomic E-state index is 0.0416. The van der Waals surface area contributed by atoms with E-state index in [1.165, 1.54) is 6.20 Å². The standard InChI is InChI=1S/C13H19N3O4/c1-20-7-2-4-10(17)16-13(5-3-6-13)12-14-8-9(15-12)11(18)19/h8H,2-7H2,1H3,(H,14,15)(H,16,17)(H,18,19). The first-order chi connectivity index (χ1) is 9.57. The third-order valence-corrected chi connectivity index (χ3v) is 3.60. The third kappa shape index (κ3) is 2.98. The van der Waals surface area contributed by atoms with Gasteiger partial charge in [0.05, 0.1) is 11.7 Å². The molecule has 1 fully saturated rings. The molecule has 1 saturated carbocycles. The van der Waals surface area contributed by atoms with Gasteiger partial charge in [-0.1, -0.05) is 0 Å². The highest BCUT2D eigenvalue weighted by atomic mass is 16.5. The molecule has 0 atom stereocenters. The SMILES string of the molecule is COCCCC(=O)NC1(c2ncc(C(=O)O)[nH]2)CCC1. The maximum absolute atomic E-state index is 11.9. The van der Waals surface area contributed by atoms with E-state index in [9.17, 15) is 9.59 Å². The maximum atomic E-state index is 11.9. The van der Waals surface area contributed by atoms with Gasteiger partial charge in [0.1, 0.15) is 11.5 Å². The van der Waals surface area contributed by atoms with E-state index in [4.69, 9.17) is 9.84 Å². The molecule has 7 nitrogen and oxygen atoms in total. The lowest BCUT2D eigenvalue weighted by Crippen LogP contribution is -2.51. The highest BCUT2D eigenvalue weighted by Crippen LogP contribution is 2.39. The number of aromatic carboxylic acids is 1. The van der Waals surface area contributed by atoms with E-state index in [-0.39, 0.29) is 11.6 Å². The van der Waals surface area contributed by atoms with Gasteiger partial charge in [0.15, 0.2) is 0 Å². The molecule has 1 heterocycles. The first-order valence-electron chi connectivity index (χ1n) is 6.66. The summed E-state index contributed by atoms with van der Waals surface area (Å²) in [7, 11) is 1.60. The number of ether oxygens (including phenoxy) is 1. The van der Waals surface area contributed by atoms with Crippen LogP contribution in [0.4, 0.5) is 0 Å². The first-order valence-corrected chi connectivity index (χ1v) is 6.66. The summed E-state index contributed by atoms with van der Waals surface area (Å²) in [6, 6.07) is 0. The quantitative estimate of drug-likeness (QED) is 0.647. The van der Waals surface area contributed by atoms with Crippen LogP contribution in [0.25, 0.3) is 0 Å². The highest BCUT2D eigenvalue weighted by molar-refractivity contribution is 5.85. The number of carbonyl (C=O) groups excluding carboxylic acids is 1. The van der Waals surface area contributed by atoms with E-state index in [1.54, 1.807) is 7.11 Å². The number of carboxylic acids is 1. The van der Waals surface area contributed by atoms with E-state index in [0.29, 0.717) is 25.3 Å². The zero-order valence-electron chi connectivity index (χ0n) is 11.4. The summed E-state index contributed by atoms with van der Waals surface area (Å²) in [4.78, 5) is 29.7. The first kappa shape index (κ1) is 14.5. The Morgan fingerprint density at radius 3 is 2.80 bits per heavy atom. The topological polar surface area (TPSA) is 104 Å². The second kappa shape index (κ2) is 6.04. The summed E-state index contributed by atoms with van der Waals surface area (Å²) in [6.45, 7) is 0.546. The molecule has 0 aromatic carbocycles. The number of nitrogens with one attached hydrogen (secondary N) is 2. The van der Waals surface area contributed by atoms with Crippen molar-refractivity contribution in [3.8, 4) is 0 Å². The van der Waals surface area contributed by atoms with Crippen molar-refractivity contribution in [2.45, 2.75) is 37.6 Å². The van der Waals surface area contributed by atoms with Gasteiger partial charge in [-0.25, -0.2) is 9.78 Å². The van der Waals surface area contributed by atoms with Gasteiger partial charge < -0.3 is 20.1 Å². The third-order valence-electron chi connectivity index (χ3n) is 3.60. The normalized spacial score (nSPS) is 16.4. The smallest absolute Gasteiger partial charge is 0.353 e. The average Bonchev–Trinajstić information content (AvgIpc) is 2.84. The molecule has 0 unspecified atom stereocenters. The number of carbonyl (C=O) groups is 2. The summed E-state index contributed by atoms with van der Waals surface area (Å²) in [5.41, 5.74) is -0.488. The molecule has 3 N–H and O–H groups in total. The highest BCUT2D eigenvalue weighted by Gasteiger charge is 2.42. The zero-order chi connectivity index (χ0) is 14.6. The van der Waals surface area contributed by atoms with Crippen LogP contribution in [0.15, 0.2) is 6.20 Å². The molecule has 1 aliphatic rings. The van der Waals surface area contributed by atoms with Crippen LogP contribution in [0.2, 0.25) is 0 Å². The maximum Gasteiger partial charge on any atom is 0.353 e. The molecule has 1 aromatic heterocycles. The Bertz CT molecular complexity index is 494. The zero-order valence-corrected chi connectivity index (χ0v) is 11.4. The lowest BCUT2D eigenvalue weighted by molar-refractivity contribution is -0.124. The van der Waals surface area contributed by atoms with Crippen molar-refractivity contribution < 1.29 is 19.4 Å². The molecule has 1 aliphatic carbocycles. The molecule has 2 rings (SSSR count). The van der Waals surface area contributed by atoms with Crippen LogP contribution in [0.3, 0.4) is 0 Å². The number of H-pyrrole nitrogens is 1. The Balaban J connectivity index is 2.01. The predicted molar refractivity (Wildman–Crippen MR) is 70.3 cm³/mol. The molecule has 1 aromatic rings. The number of rotatable bonds is 7. The van der Waals surface area contributed by atoms with E-state index in [2.05, 4.69) is 15.3 Å². The van der Waals surface area contributed by atoms with Crippen molar-refractivity contribution in [2.75, 3.05) is 13.7 Å². The van der Waals surface area contributed by atoms with Gasteiger partial charge in [-0.05, 0) is 25.7 Å². The molecular weight excluding hydrogens is 262 g/mol. The molecule has 110 valence electrons. The predicted octanol–water partition coefficient (Wildman–Crippen LogP) is 1.03. The van der Waals surface area contributed by atoms with E-state index in [1.807, 2.05) is 0 Å². The number of methoxy groups -OCH3 is 1.